The molecule has 0 amide bonds. The van der Waals surface area contributed by atoms with E-state index in [0.29, 0.717) is 3.92 Å². The topological polar surface area (TPSA) is 26.0 Å². The second kappa shape index (κ2) is 7.78. The van der Waals surface area contributed by atoms with Crippen molar-refractivity contribution in [3.63, 3.8) is 0 Å². The molecule has 0 saturated heterocycles. The predicted molar refractivity (Wildman–Crippen MR) is 87.8 cm³/mol. The van der Waals surface area contributed by atoms with E-state index >= 15 is 0 Å². The Morgan fingerprint density at radius 2 is 1.82 bits per heavy atom. The van der Waals surface area contributed by atoms with Gasteiger partial charge in [0.25, 0.3) is 0 Å². The van der Waals surface area contributed by atoms with E-state index in [1.165, 1.54) is 24.0 Å². The zero-order valence-electron chi connectivity index (χ0n) is 12.4. The van der Waals surface area contributed by atoms with Gasteiger partial charge >= 0.3 is 0 Å². The van der Waals surface area contributed by atoms with Gasteiger partial charge in [0.05, 0.1) is 0 Å². The van der Waals surface area contributed by atoms with Crippen LogP contribution in [0.3, 0.4) is 0 Å². The molecular weight excluding hydrogens is 321 g/mol. The van der Waals surface area contributed by atoms with Crippen molar-refractivity contribution in [2.45, 2.75) is 76.7 Å². The minimum Gasteiger partial charge on any atom is -0.324 e. The monoisotopic (exact) mass is 351 g/mol. The summed E-state index contributed by atoms with van der Waals surface area (Å²) in [5, 5.41) is 0. The number of alkyl halides is 1. The van der Waals surface area contributed by atoms with Crippen LogP contribution in [0.5, 0.6) is 0 Å². The molecule has 2 heteroatoms. The minimum absolute atomic E-state index is 0.0789. The lowest BCUT2D eigenvalue weighted by Gasteiger charge is -2.33. The van der Waals surface area contributed by atoms with E-state index in [-0.39, 0.29) is 5.54 Å². The molecule has 0 bridgehead atoms. The SMILES string of the molecule is CC/C(C)=C(/C)[C@H](I)[C@@](C)(N)CCC(C)CC. The first-order chi connectivity index (χ1) is 7.76. The largest absolute Gasteiger partial charge is 0.324 e. The van der Waals surface area contributed by atoms with Crippen LogP contribution in [0.1, 0.15) is 67.2 Å². The molecule has 3 atom stereocenters. The Morgan fingerprint density at radius 3 is 2.24 bits per heavy atom. The molecule has 0 aliphatic heterocycles. The van der Waals surface area contributed by atoms with Gasteiger partial charge in [0.2, 0.25) is 0 Å². The first-order valence-electron chi connectivity index (χ1n) is 6.85. The summed E-state index contributed by atoms with van der Waals surface area (Å²) in [7, 11) is 0. The fraction of sp³-hybridized carbons (Fsp3) is 0.867. The van der Waals surface area contributed by atoms with Crippen molar-refractivity contribution >= 4 is 22.6 Å². The summed E-state index contributed by atoms with van der Waals surface area (Å²) in [6.07, 6.45) is 4.74. The van der Waals surface area contributed by atoms with Gasteiger partial charge in [-0.05, 0) is 46.0 Å². The molecule has 1 nitrogen and oxygen atoms in total. The fourth-order valence-corrected chi connectivity index (χ4v) is 2.72. The lowest BCUT2D eigenvalue weighted by molar-refractivity contribution is 0.378. The summed E-state index contributed by atoms with van der Waals surface area (Å²) >= 11 is 2.52. The van der Waals surface area contributed by atoms with Crippen LogP contribution >= 0.6 is 22.6 Å². The van der Waals surface area contributed by atoms with Crippen LogP contribution in [0.15, 0.2) is 11.1 Å². The van der Waals surface area contributed by atoms with Crippen LogP contribution in [0.25, 0.3) is 0 Å². The maximum absolute atomic E-state index is 6.52. The van der Waals surface area contributed by atoms with E-state index in [4.69, 9.17) is 5.73 Å². The average molecular weight is 351 g/mol. The standard InChI is InChI=1S/C15H30IN/c1-7-11(3)9-10-15(6,17)14(16)13(5)12(4)8-2/h11,14H,7-10,17H2,1-6H3/b13-12-/t11?,14-,15-/m0/s1. The molecular formula is C15H30IN. The molecule has 2 N–H and O–H groups in total. The maximum Gasteiger partial charge on any atom is 0.0495 e. The van der Waals surface area contributed by atoms with E-state index in [0.717, 1.165) is 18.8 Å². The number of rotatable bonds is 7. The summed E-state index contributed by atoms with van der Waals surface area (Å²) in [4.78, 5) is 0. The summed E-state index contributed by atoms with van der Waals surface area (Å²) in [6.45, 7) is 13.5. The molecule has 0 aliphatic rings. The van der Waals surface area contributed by atoms with Crippen LogP contribution in [-0.4, -0.2) is 9.46 Å². The van der Waals surface area contributed by atoms with Gasteiger partial charge in [0.15, 0.2) is 0 Å². The number of allylic oxidation sites excluding steroid dienone is 1. The quantitative estimate of drug-likeness (QED) is 0.386. The lowest BCUT2D eigenvalue weighted by atomic mass is 9.85. The summed E-state index contributed by atoms with van der Waals surface area (Å²) in [6, 6.07) is 0. The molecule has 0 aromatic heterocycles. The molecule has 0 spiro atoms. The summed E-state index contributed by atoms with van der Waals surface area (Å²) in [5.41, 5.74) is 9.40. The number of hydrogen-bond acceptors (Lipinski definition) is 1. The van der Waals surface area contributed by atoms with Gasteiger partial charge in [-0.15, -0.1) is 0 Å². The maximum atomic E-state index is 6.52. The fourth-order valence-electron chi connectivity index (χ4n) is 1.88. The van der Waals surface area contributed by atoms with Gasteiger partial charge in [-0.1, -0.05) is 60.9 Å². The molecule has 0 rings (SSSR count). The second-order valence-corrected chi connectivity index (χ2v) is 6.98. The molecule has 0 fully saturated rings. The lowest BCUT2D eigenvalue weighted by Crippen LogP contribution is -2.46. The predicted octanol–water partition coefficient (Wildman–Crippen LogP) is 5.08. The average Bonchev–Trinajstić information content (AvgIpc) is 2.32. The van der Waals surface area contributed by atoms with Crippen molar-refractivity contribution in [2.24, 2.45) is 11.7 Å². The van der Waals surface area contributed by atoms with Crippen LogP contribution in [0, 0.1) is 5.92 Å². The molecule has 0 saturated carbocycles. The Kier molecular flexibility index (Phi) is 7.97. The van der Waals surface area contributed by atoms with E-state index in [2.05, 4.69) is 64.1 Å². The first-order valence-corrected chi connectivity index (χ1v) is 8.10. The molecule has 0 aromatic carbocycles. The van der Waals surface area contributed by atoms with Gasteiger partial charge in [0.1, 0.15) is 0 Å². The van der Waals surface area contributed by atoms with Gasteiger partial charge in [0, 0.05) is 9.46 Å². The molecule has 0 heterocycles. The molecule has 0 aromatic rings. The number of hydrogen-bond donors (Lipinski definition) is 1. The first kappa shape index (κ1) is 17.4. The zero-order valence-corrected chi connectivity index (χ0v) is 14.6. The van der Waals surface area contributed by atoms with Crippen molar-refractivity contribution in [3.8, 4) is 0 Å². The van der Waals surface area contributed by atoms with E-state index in [9.17, 15) is 0 Å². The minimum atomic E-state index is -0.0789. The van der Waals surface area contributed by atoms with Crippen LogP contribution in [0.4, 0.5) is 0 Å². The van der Waals surface area contributed by atoms with Crippen molar-refractivity contribution in [1.29, 1.82) is 0 Å². The molecule has 0 radical (unpaired) electrons. The Labute approximate surface area is 122 Å². The van der Waals surface area contributed by atoms with E-state index in [1.807, 2.05) is 0 Å². The third kappa shape index (κ3) is 5.73. The second-order valence-electron chi connectivity index (χ2n) is 5.74. The van der Waals surface area contributed by atoms with Crippen molar-refractivity contribution < 1.29 is 0 Å². The third-order valence-electron chi connectivity index (χ3n) is 4.04. The summed E-state index contributed by atoms with van der Waals surface area (Å²) < 4.78 is 0.448. The van der Waals surface area contributed by atoms with E-state index in [1.54, 1.807) is 0 Å². The third-order valence-corrected chi connectivity index (χ3v) is 6.39. The highest BCUT2D eigenvalue weighted by atomic mass is 127. The zero-order chi connectivity index (χ0) is 13.6. The Balaban J connectivity index is 4.59. The number of halogens is 1. The number of nitrogens with two attached hydrogens (primary N) is 1. The highest BCUT2D eigenvalue weighted by Gasteiger charge is 2.29. The molecule has 102 valence electrons. The van der Waals surface area contributed by atoms with Crippen LogP contribution in [0.2, 0.25) is 0 Å². The van der Waals surface area contributed by atoms with Crippen molar-refractivity contribution in [3.05, 3.63) is 11.1 Å². The van der Waals surface area contributed by atoms with E-state index < -0.39 is 0 Å². The normalized spacial score (nSPS) is 20.5. The van der Waals surface area contributed by atoms with Gasteiger partial charge in [-0.25, -0.2) is 0 Å². The van der Waals surface area contributed by atoms with Gasteiger partial charge < -0.3 is 5.73 Å². The van der Waals surface area contributed by atoms with Crippen LogP contribution < -0.4 is 5.73 Å². The highest BCUT2D eigenvalue weighted by molar-refractivity contribution is 14.1. The smallest absolute Gasteiger partial charge is 0.0495 e. The Bertz CT molecular complexity index is 256. The van der Waals surface area contributed by atoms with Crippen molar-refractivity contribution in [1.82, 2.24) is 0 Å². The molecule has 1 unspecified atom stereocenters. The van der Waals surface area contributed by atoms with Crippen LogP contribution in [-0.2, 0) is 0 Å². The van der Waals surface area contributed by atoms with Crippen molar-refractivity contribution in [2.75, 3.05) is 0 Å². The molecule has 0 aliphatic carbocycles. The molecule has 17 heavy (non-hydrogen) atoms. The Hall–Kier alpha value is 0.430. The van der Waals surface area contributed by atoms with Gasteiger partial charge in [-0.3, -0.25) is 0 Å². The highest BCUT2D eigenvalue weighted by Crippen LogP contribution is 2.31. The summed E-state index contributed by atoms with van der Waals surface area (Å²) in [5.74, 6) is 0.790. The van der Waals surface area contributed by atoms with Gasteiger partial charge in [-0.2, -0.15) is 0 Å². The Morgan fingerprint density at radius 1 is 1.29 bits per heavy atom.